The quantitative estimate of drug-likeness (QED) is 0.500. The first-order valence-electron chi connectivity index (χ1n) is 10.8. The van der Waals surface area contributed by atoms with Gasteiger partial charge in [0.2, 0.25) is 0 Å². The molecule has 29 heavy (non-hydrogen) atoms. The molecule has 4 aliphatic carbocycles. The van der Waals surface area contributed by atoms with Crippen LogP contribution in [0.2, 0.25) is 0 Å². The maximum Gasteiger partial charge on any atom is 0.303 e. The Morgan fingerprint density at radius 2 is 1.79 bits per heavy atom. The largest absolute Gasteiger partial charge is 0.446 e. The minimum atomic E-state index is -1.23. The topological polar surface area (TPSA) is 60.4 Å². The van der Waals surface area contributed by atoms with Crippen molar-refractivity contribution in [1.82, 2.24) is 0 Å². The predicted molar refractivity (Wildman–Crippen MR) is 111 cm³/mol. The van der Waals surface area contributed by atoms with Crippen molar-refractivity contribution in [1.29, 1.82) is 0 Å². The molecule has 156 valence electrons. The molecule has 0 amide bonds. The molecule has 4 heteroatoms. The van der Waals surface area contributed by atoms with Crippen LogP contribution in [0.25, 0.3) is 0 Å². The molecule has 0 aliphatic heterocycles. The van der Waals surface area contributed by atoms with E-state index in [1.807, 2.05) is 6.08 Å². The van der Waals surface area contributed by atoms with Crippen LogP contribution in [0, 0.1) is 28.6 Å². The highest BCUT2D eigenvalue weighted by atomic mass is 16.6. The van der Waals surface area contributed by atoms with Crippen LogP contribution < -0.4 is 0 Å². The lowest BCUT2D eigenvalue weighted by molar-refractivity contribution is -0.181. The van der Waals surface area contributed by atoms with Crippen LogP contribution >= 0.6 is 0 Å². The van der Waals surface area contributed by atoms with E-state index in [2.05, 4.69) is 27.0 Å². The van der Waals surface area contributed by atoms with Crippen LogP contribution in [0.1, 0.15) is 66.2 Å². The second-order valence-electron chi connectivity index (χ2n) is 10.2. The van der Waals surface area contributed by atoms with Gasteiger partial charge in [-0.1, -0.05) is 32.6 Å². The molecule has 4 aliphatic rings. The zero-order chi connectivity index (χ0) is 21.4. The molecule has 6 atom stereocenters. The first-order valence-corrected chi connectivity index (χ1v) is 10.8. The van der Waals surface area contributed by atoms with Crippen LogP contribution in [0.5, 0.6) is 0 Å². The fraction of sp³-hybridized carbons (Fsp3) is 0.640. The molecular weight excluding hydrogens is 364 g/mol. The minimum absolute atomic E-state index is 0.0422. The van der Waals surface area contributed by atoms with E-state index in [0.717, 1.165) is 42.4 Å². The van der Waals surface area contributed by atoms with E-state index in [-0.39, 0.29) is 22.9 Å². The van der Waals surface area contributed by atoms with E-state index in [1.54, 1.807) is 0 Å². The minimum Gasteiger partial charge on any atom is -0.446 e. The SMILES string of the molecule is C=C1C[C@@H]2[C@H]3CC(=C)[C@](OC(C)=O)(C(C)=O)[C@@]3(C)CC[C@@H]2[C@@]2(C)CCC(=O)C=C12. The summed E-state index contributed by atoms with van der Waals surface area (Å²) >= 11 is 0. The third-order valence-corrected chi connectivity index (χ3v) is 8.88. The summed E-state index contributed by atoms with van der Waals surface area (Å²) in [6.45, 7) is 15.9. The van der Waals surface area contributed by atoms with Gasteiger partial charge in [0.15, 0.2) is 17.2 Å². The molecule has 0 aromatic heterocycles. The molecule has 0 aromatic rings. The van der Waals surface area contributed by atoms with Gasteiger partial charge in [-0.3, -0.25) is 14.4 Å². The monoisotopic (exact) mass is 396 g/mol. The van der Waals surface area contributed by atoms with E-state index in [4.69, 9.17) is 4.74 Å². The number of fused-ring (bicyclic) bond motifs is 5. The number of Topliss-reactive ketones (excluding diaryl/α,β-unsaturated/α-hetero) is 1. The zero-order valence-electron chi connectivity index (χ0n) is 18.1. The van der Waals surface area contributed by atoms with Crippen LogP contribution in [0.4, 0.5) is 0 Å². The van der Waals surface area contributed by atoms with Crippen molar-refractivity contribution in [2.45, 2.75) is 71.8 Å². The lowest BCUT2D eigenvalue weighted by Gasteiger charge is -2.59. The Labute approximate surface area is 173 Å². The van der Waals surface area contributed by atoms with Crippen LogP contribution in [-0.2, 0) is 19.1 Å². The maximum absolute atomic E-state index is 12.9. The fourth-order valence-corrected chi connectivity index (χ4v) is 7.64. The lowest BCUT2D eigenvalue weighted by Crippen LogP contribution is -2.59. The van der Waals surface area contributed by atoms with E-state index in [1.165, 1.54) is 13.8 Å². The smallest absolute Gasteiger partial charge is 0.303 e. The standard InChI is InChI=1S/C25H32O4/c1-14-11-19-20(23(5)9-7-18(28)13-21(14)23)8-10-24(6)22(19)12-15(2)25(24,16(3)26)29-17(4)27/h13,19-20,22H,1-2,7-12H2,3-6H3/t19-,20-,22+,23+,24-,25-/m0/s1. The molecule has 0 heterocycles. The summed E-state index contributed by atoms with van der Waals surface area (Å²) in [4.78, 5) is 37.0. The Balaban J connectivity index is 1.79. The predicted octanol–water partition coefficient (Wildman–Crippen LogP) is 4.74. The number of rotatable bonds is 2. The summed E-state index contributed by atoms with van der Waals surface area (Å²) in [6, 6.07) is 0. The Bertz CT molecular complexity index is 879. The Morgan fingerprint density at radius 3 is 2.41 bits per heavy atom. The average Bonchev–Trinajstić information content (AvgIpc) is 2.85. The number of carbonyl (C=O) groups excluding carboxylic acids is 3. The molecule has 0 saturated heterocycles. The van der Waals surface area contributed by atoms with Crippen molar-refractivity contribution in [2.75, 3.05) is 0 Å². The normalized spacial score (nSPS) is 43.8. The molecule has 4 nitrogen and oxygen atoms in total. The van der Waals surface area contributed by atoms with Crippen molar-refractivity contribution < 1.29 is 19.1 Å². The van der Waals surface area contributed by atoms with Crippen molar-refractivity contribution in [3.8, 4) is 0 Å². The summed E-state index contributed by atoms with van der Waals surface area (Å²) in [5.41, 5.74) is 1.22. The zero-order valence-corrected chi connectivity index (χ0v) is 18.1. The van der Waals surface area contributed by atoms with Crippen LogP contribution in [0.15, 0.2) is 36.0 Å². The van der Waals surface area contributed by atoms with Crippen LogP contribution in [-0.4, -0.2) is 23.1 Å². The molecule has 0 aromatic carbocycles. The first-order chi connectivity index (χ1) is 13.5. The van der Waals surface area contributed by atoms with Gasteiger partial charge in [-0.2, -0.15) is 0 Å². The highest BCUT2D eigenvalue weighted by Gasteiger charge is 2.69. The summed E-state index contributed by atoms with van der Waals surface area (Å²) in [5, 5.41) is 0. The molecular formula is C25H32O4. The van der Waals surface area contributed by atoms with Gasteiger partial charge in [0.1, 0.15) is 0 Å². The second-order valence-corrected chi connectivity index (χ2v) is 10.2. The Kier molecular flexibility index (Phi) is 4.39. The number of esters is 1. The Morgan fingerprint density at radius 1 is 1.10 bits per heavy atom. The van der Waals surface area contributed by atoms with Crippen LogP contribution in [0.3, 0.4) is 0 Å². The summed E-state index contributed by atoms with van der Waals surface area (Å²) < 4.78 is 5.83. The number of carbonyl (C=O) groups is 3. The molecule has 3 fully saturated rings. The molecule has 0 radical (unpaired) electrons. The molecule has 0 bridgehead atoms. The van der Waals surface area contributed by atoms with Gasteiger partial charge >= 0.3 is 5.97 Å². The van der Waals surface area contributed by atoms with Crippen molar-refractivity contribution in [3.05, 3.63) is 36.0 Å². The molecule has 0 N–H and O–H groups in total. The second kappa shape index (κ2) is 6.26. The van der Waals surface area contributed by atoms with Gasteiger partial charge in [-0.05, 0) is 79.4 Å². The van der Waals surface area contributed by atoms with Gasteiger partial charge in [0, 0.05) is 18.8 Å². The first kappa shape index (κ1) is 20.3. The number of hydrogen-bond acceptors (Lipinski definition) is 4. The summed E-state index contributed by atoms with van der Waals surface area (Å²) in [6.07, 6.45) is 6.60. The summed E-state index contributed by atoms with van der Waals surface area (Å²) in [5.74, 6) is 0.665. The number of ketones is 2. The molecule has 0 unspecified atom stereocenters. The number of hydrogen-bond donors (Lipinski definition) is 0. The van der Waals surface area contributed by atoms with Gasteiger partial charge in [-0.25, -0.2) is 0 Å². The average molecular weight is 397 g/mol. The number of ether oxygens (including phenoxy) is 1. The van der Waals surface area contributed by atoms with E-state index < -0.39 is 17.0 Å². The number of allylic oxidation sites excluding steroid dienone is 2. The van der Waals surface area contributed by atoms with E-state index in [9.17, 15) is 14.4 Å². The van der Waals surface area contributed by atoms with Gasteiger partial charge in [0.05, 0.1) is 0 Å². The van der Waals surface area contributed by atoms with Gasteiger partial charge in [0.25, 0.3) is 0 Å². The highest BCUT2D eigenvalue weighted by Crippen LogP contribution is 2.69. The van der Waals surface area contributed by atoms with Gasteiger partial charge in [-0.15, -0.1) is 0 Å². The maximum atomic E-state index is 12.9. The highest BCUT2D eigenvalue weighted by molar-refractivity contribution is 5.93. The summed E-state index contributed by atoms with van der Waals surface area (Å²) in [7, 11) is 0. The Hall–Kier alpha value is -1.97. The van der Waals surface area contributed by atoms with E-state index >= 15 is 0 Å². The van der Waals surface area contributed by atoms with Crippen molar-refractivity contribution in [3.63, 3.8) is 0 Å². The third-order valence-electron chi connectivity index (χ3n) is 8.88. The third kappa shape index (κ3) is 2.47. The van der Waals surface area contributed by atoms with Gasteiger partial charge < -0.3 is 4.74 Å². The molecule has 0 spiro atoms. The van der Waals surface area contributed by atoms with E-state index in [0.29, 0.717) is 24.7 Å². The fourth-order valence-electron chi connectivity index (χ4n) is 7.64. The van der Waals surface area contributed by atoms with Crippen molar-refractivity contribution >= 4 is 17.5 Å². The molecule has 3 saturated carbocycles. The molecule has 4 rings (SSSR count). The lowest BCUT2D eigenvalue weighted by atomic mass is 9.45. The van der Waals surface area contributed by atoms with Crippen molar-refractivity contribution in [2.24, 2.45) is 28.6 Å².